The standard InChI is InChI=1S/C51H97NO7/c1-6-8-10-12-14-16-18-20-22-24-26-27-29-31-33-35-37-39-41-49(53)58-46-47(45-57-44-43-48(51(55)56)52(3,4)5)59-50(54)42-40-38-36-34-32-30-28-25-23-21-19-17-15-13-11-9-7-2/h21,23,47-48H,6-20,22,24-46H2,1-5H3/p+1/b23-21+. The minimum Gasteiger partial charge on any atom is -0.477 e. The molecular formula is C51H98NO7+. The molecule has 0 rings (SSSR count). The summed E-state index contributed by atoms with van der Waals surface area (Å²) in [6.45, 7) is 4.77. The van der Waals surface area contributed by atoms with E-state index in [1.54, 1.807) is 0 Å². The number of quaternary nitrogens is 1. The van der Waals surface area contributed by atoms with Crippen LogP contribution >= 0.6 is 0 Å². The van der Waals surface area contributed by atoms with Crippen molar-refractivity contribution in [3.8, 4) is 0 Å². The van der Waals surface area contributed by atoms with Crippen LogP contribution in [0.1, 0.15) is 245 Å². The van der Waals surface area contributed by atoms with E-state index in [1.807, 2.05) is 21.1 Å². The Morgan fingerprint density at radius 1 is 0.492 bits per heavy atom. The Labute approximate surface area is 365 Å². The van der Waals surface area contributed by atoms with E-state index in [4.69, 9.17) is 14.2 Å². The first-order valence-corrected chi connectivity index (χ1v) is 25.2. The van der Waals surface area contributed by atoms with E-state index in [2.05, 4.69) is 26.0 Å². The van der Waals surface area contributed by atoms with Crippen molar-refractivity contribution in [1.29, 1.82) is 0 Å². The van der Waals surface area contributed by atoms with Gasteiger partial charge in [0.2, 0.25) is 0 Å². The van der Waals surface area contributed by atoms with Crippen molar-refractivity contribution in [3.63, 3.8) is 0 Å². The molecule has 0 aliphatic carbocycles. The number of esters is 2. The summed E-state index contributed by atoms with van der Waals surface area (Å²) < 4.78 is 17.4. The van der Waals surface area contributed by atoms with Crippen LogP contribution in [0.5, 0.6) is 0 Å². The normalized spacial score (nSPS) is 12.9. The molecule has 1 N–H and O–H groups in total. The van der Waals surface area contributed by atoms with Gasteiger partial charge in [0.1, 0.15) is 6.61 Å². The quantitative estimate of drug-likeness (QED) is 0.0282. The van der Waals surface area contributed by atoms with E-state index in [0.717, 1.165) is 38.5 Å². The van der Waals surface area contributed by atoms with Gasteiger partial charge in [0.05, 0.1) is 34.4 Å². The minimum atomic E-state index is -0.871. The lowest BCUT2D eigenvalue weighted by atomic mass is 10.0. The molecule has 0 saturated heterocycles. The first-order chi connectivity index (χ1) is 28.6. The Morgan fingerprint density at radius 2 is 0.847 bits per heavy atom. The highest BCUT2D eigenvalue weighted by atomic mass is 16.6. The summed E-state index contributed by atoms with van der Waals surface area (Å²) in [7, 11) is 5.54. The zero-order chi connectivity index (χ0) is 43.5. The number of unbranched alkanes of at least 4 members (excludes halogenated alkanes) is 30. The van der Waals surface area contributed by atoms with E-state index in [-0.39, 0.29) is 36.2 Å². The smallest absolute Gasteiger partial charge is 0.362 e. The Kier molecular flexibility index (Phi) is 41.3. The summed E-state index contributed by atoms with van der Waals surface area (Å²) in [4.78, 5) is 37.1. The van der Waals surface area contributed by atoms with Crippen LogP contribution in [0.25, 0.3) is 0 Å². The zero-order valence-electron chi connectivity index (χ0n) is 39.7. The molecule has 0 saturated carbocycles. The third-order valence-corrected chi connectivity index (χ3v) is 11.7. The second kappa shape index (κ2) is 42.7. The number of carbonyl (C=O) groups is 3. The van der Waals surface area contributed by atoms with Crippen molar-refractivity contribution in [1.82, 2.24) is 0 Å². The first kappa shape index (κ1) is 57.1. The molecule has 2 atom stereocenters. The largest absolute Gasteiger partial charge is 0.477 e. The van der Waals surface area contributed by atoms with Gasteiger partial charge in [0, 0.05) is 19.3 Å². The molecule has 0 aromatic heterocycles. The Bertz CT molecular complexity index is 978. The van der Waals surface area contributed by atoms with E-state index in [0.29, 0.717) is 19.3 Å². The SMILES string of the molecule is CCCCCCCC/C=C/CCCCCCCCCC(=O)OC(COCCC(C(=O)O)[N+](C)(C)C)COC(=O)CCCCCCCCCCCCCCCCCCCC. The van der Waals surface area contributed by atoms with Gasteiger partial charge in [-0.15, -0.1) is 0 Å². The van der Waals surface area contributed by atoms with E-state index >= 15 is 0 Å². The van der Waals surface area contributed by atoms with Gasteiger partial charge in [-0.05, 0) is 38.5 Å². The molecule has 0 aromatic rings. The number of likely N-dealkylation sites (N-methyl/N-ethyl adjacent to an activating group) is 1. The van der Waals surface area contributed by atoms with E-state index in [1.165, 1.54) is 173 Å². The Morgan fingerprint density at radius 3 is 1.22 bits per heavy atom. The molecule has 0 spiro atoms. The zero-order valence-corrected chi connectivity index (χ0v) is 39.7. The molecule has 0 aromatic carbocycles. The highest BCUT2D eigenvalue weighted by Crippen LogP contribution is 2.16. The van der Waals surface area contributed by atoms with Crippen molar-refractivity contribution in [2.24, 2.45) is 0 Å². The molecule has 0 aliphatic heterocycles. The molecular weight excluding hydrogens is 739 g/mol. The molecule has 0 heterocycles. The lowest BCUT2D eigenvalue weighted by Crippen LogP contribution is -2.50. The Hall–Kier alpha value is -1.93. The van der Waals surface area contributed by atoms with Gasteiger partial charge in [-0.1, -0.05) is 199 Å². The van der Waals surface area contributed by atoms with Crippen LogP contribution in [0.2, 0.25) is 0 Å². The number of nitrogens with zero attached hydrogens (tertiary/aromatic N) is 1. The molecule has 0 amide bonds. The Balaban J connectivity index is 4.23. The predicted molar refractivity (Wildman–Crippen MR) is 248 cm³/mol. The van der Waals surface area contributed by atoms with E-state index < -0.39 is 18.1 Å². The molecule has 59 heavy (non-hydrogen) atoms. The van der Waals surface area contributed by atoms with Crippen LogP contribution in [0, 0.1) is 0 Å². The number of carboxylic acid groups (broad SMARTS) is 1. The molecule has 0 bridgehead atoms. The van der Waals surface area contributed by atoms with Crippen LogP contribution in [0.4, 0.5) is 0 Å². The van der Waals surface area contributed by atoms with Gasteiger partial charge in [-0.3, -0.25) is 9.59 Å². The van der Waals surface area contributed by atoms with E-state index in [9.17, 15) is 19.5 Å². The number of rotatable bonds is 46. The third kappa shape index (κ3) is 41.2. The van der Waals surface area contributed by atoms with Crippen LogP contribution in [-0.4, -0.2) is 80.6 Å². The van der Waals surface area contributed by atoms with Crippen molar-refractivity contribution in [2.45, 2.75) is 257 Å². The predicted octanol–water partition coefficient (Wildman–Crippen LogP) is 14.3. The summed E-state index contributed by atoms with van der Waals surface area (Å²) in [6.07, 6.45) is 46.8. The van der Waals surface area contributed by atoms with Crippen molar-refractivity contribution in [2.75, 3.05) is 41.0 Å². The minimum absolute atomic E-state index is 0.0461. The summed E-state index contributed by atoms with van der Waals surface area (Å²) in [5.41, 5.74) is 0. The number of ether oxygens (including phenoxy) is 3. The topological polar surface area (TPSA) is 99.1 Å². The van der Waals surface area contributed by atoms with Gasteiger partial charge < -0.3 is 23.8 Å². The van der Waals surface area contributed by atoms with Crippen LogP contribution in [0.15, 0.2) is 12.2 Å². The number of hydrogen-bond acceptors (Lipinski definition) is 6. The summed E-state index contributed by atoms with van der Waals surface area (Å²) in [6, 6.07) is -0.611. The second-order valence-corrected chi connectivity index (χ2v) is 18.4. The first-order valence-electron chi connectivity index (χ1n) is 25.2. The number of carboxylic acids is 1. The number of aliphatic carboxylic acids is 1. The van der Waals surface area contributed by atoms with Gasteiger partial charge in [-0.2, -0.15) is 0 Å². The monoisotopic (exact) mass is 837 g/mol. The lowest BCUT2D eigenvalue weighted by molar-refractivity contribution is -0.887. The molecule has 348 valence electrons. The number of allylic oxidation sites excluding steroid dienone is 2. The molecule has 0 radical (unpaired) electrons. The molecule has 2 unspecified atom stereocenters. The maximum absolute atomic E-state index is 12.8. The molecule has 8 heteroatoms. The van der Waals surface area contributed by atoms with Gasteiger partial charge >= 0.3 is 17.9 Å². The summed E-state index contributed by atoms with van der Waals surface area (Å²) >= 11 is 0. The average molecular weight is 837 g/mol. The van der Waals surface area contributed by atoms with Crippen LogP contribution in [0.3, 0.4) is 0 Å². The summed E-state index contributed by atoms with van der Waals surface area (Å²) in [5.74, 6) is -1.45. The lowest BCUT2D eigenvalue weighted by Gasteiger charge is -2.31. The maximum atomic E-state index is 12.8. The second-order valence-electron chi connectivity index (χ2n) is 18.4. The average Bonchev–Trinajstić information content (AvgIpc) is 3.19. The molecule has 0 fully saturated rings. The summed E-state index contributed by atoms with van der Waals surface area (Å²) in [5, 5.41) is 9.64. The van der Waals surface area contributed by atoms with Crippen molar-refractivity contribution < 1.29 is 38.2 Å². The van der Waals surface area contributed by atoms with Gasteiger partial charge in [-0.25, -0.2) is 4.79 Å². The highest BCUT2D eigenvalue weighted by molar-refractivity contribution is 5.72. The van der Waals surface area contributed by atoms with Gasteiger partial charge in [0.25, 0.3) is 0 Å². The van der Waals surface area contributed by atoms with Gasteiger partial charge in [0.15, 0.2) is 12.1 Å². The highest BCUT2D eigenvalue weighted by Gasteiger charge is 2.31. The fraction of sp³-hybridized carbons (Fsp3) is 0.902. The number of carbonyl (C=O) groups excluding carboxylic acids is 2. The molecule has 0 aliphatic rings. The van der Waals surface area contributed by atoms with Crippen LogP contribution < -0.4 is 0 Å². The number of hydrogen-bond donors (Lipinski definition) is 1. The van der Waals surface area contributed by atoms with Crippen LogP contribution in [-0.2, 0) is 28.6 Å². The third-order valence-electron chi connectivity index (χ3n) is 11.7. The molecule has 8 nitrogen and oxygen atoms in total. The van der Waals surface area contributed by atoms with Crippen molar-refractivity contribution >= 4 is 17.9 Å². The van der Waals surface area contributed by atoms with Crippen molar-refractivity contribution in [3.05, 3.63) is 12.2 Å². The maximum Gasteiger partial charge on any atom is 0.362 e. The fourth-order valence-electron chi connectivity index (χ4n) is 7.74. The fourth-order valence-corrected chi connectivity index (χ4v) is 7.74.